The number of hydrogen-bond acceptors (Lipinski definition) is 17. The van der Waals surface area contributed by atoms with Crippen LogP contribution in [0.1, 0.15) is 55.4 Å². The van der Waals surface area contributed by atoms with E-state index in [1.165, 1.54) is 36.4 Å². The number of benzene rings is 13. The van der Waals surface area contributed by atoms with E-state index in [4.69, 9.17) is 88.3 Å². The van der Waals surface area contributed by atoms with Crippen LogP contribution >= 0.6 is 98.5 Å². The second kappa shape index (κ2) is 46.9. The molecule has 137 heavy (non-hydrogen) atoms. The molecular formula is C107H85B2Cl3F3I5N13O4-. The van der Waals surface area contributed by atoms with Crippen LogP contribution in [0.25, 0.3) is 148 Å². The summed E-state index contributed by atoms with van der Waals surface area (Å²) >= 11 is 26.3. The van der Waals surface area contributed by atoms with Gasteiger partial charge in [-0.05, 0) is 134 Å². The van der Waals surface area contributed by atoms with E-state index in [1.54, 1.807) is 18.2 Å². The standard InChI is InChI=1S/C37H24FN5.C22H23BN2O2.C21H13ClFN3.C15H10ClN3.C12H15BClFO2.I5/c38-31-22-21-29(33-24-32(25-13-5-1-6-14-25)39-34(40-33)26-15-7-2-8-16-26)23-30(31)37-42-35(27-17-9-3-10-18-27)41-36(43-37)28-19-11-4-12-20-28;1-21(2)22(3,4)27-23(26-21)19-15-18(16-11-7-5-8-12-16)24-20(25-19)17-13-9-6-10-14-17;22-16-11-12-18(23)17(13-16)21-25-19(14-7-3-1-4-8-14)24-20(26-21)15-9-5-2-6-10-15;16-15-18-13(11-7-3-1-4-8-11)17-14(19-15)12-9-5-2-6-10-12;1-11(2)12(3,4)17-13(16-11)9-7-8(14)5-6-10(9)15;1-4-5(2)3/h1-24H;5-15H,1-4H3;1-13H;1-10H;5-7H,1-4H3;/q;;;;;-1. The third-order valence-electron chi connectivity index (χ3n) is 22.4. The summed E-state index contributed by atoms with van der Waals surface area (Å²) in [5.74, 6) is 3.57. The molecule has 17 nitrogen and oxygen atoms in total. The molecular weight excluding hydrogens is 2350 g/mol. The van der Waals surface area contributed by atoms with Gasteiger partial charge in [-0.3, -0.25) is 0 Å². The van der Waals surface area contributed by atoms with E-state index in [0.717, 1.165) is 78.2 Å². The first-order valence-corrected chi connectivity index (χ1v) is 69.4. The van der Waals surface area contributed by atoms with Crippen LogP contribution < -0.4 is 24.3 Å². The summed E-state index contributed by atoms with van der Waals surface area (Å²) in [4.78, 5) is 59.9. The van der Waals surface area contributed by atoms with E-state index >= 15 is 4.39 Å². The molecule has 5 aromatic heterocycles. The summed E-state index contributed by atoms with van der Waals surface area (Å²) in [6.45, 7) is 15.9. The van der Waals surface area contributed by atoms with Crippen LogP contribution in [-0.2, 0) is 18.6 Å². The molecule has 0 unspecified atom stereocenters. The maximum absolute atomic E-state index is 15.6. The molecule has 2 saturated heterocycles. The topological polar surface area (TPSA) is 204 Å². The van der Waals surface area contributed by atoms with E-state index in [2.05, 4.69) is 85.8 Å². The Kier molecular flexibility index (Phi) is 34.5. The molecule has 0 aliphatic carbocycles. The first-order chi connectivity index (χ1) is 66.1. The summed E-state index contributed by atoms with van der Waals surface area (Å²) in [6, 6.07) is 115. The first kappa shape index (κ1) is 101. The van der Waals surface area contributed by atoms with Crippen molar-refractivity contribution in [2.24, 2.45) is 0 Å². The van der Waals surface area contributed by atoms with Crippen molar-refractivity contribution in [1.82, 2.24) is 64.8 Å². The van der Waals surface area contributed by atoms with Gasteiger partial charge in [-0.25, -0.2) is 68.0 Å². The van der Waals surface area contributed by atoms with Gasteiger partial charge in [0.2, 0.25) is 5.28 Å². The number of aromatic nitrogens is 13. The minimum absolute atomic E-state index is 0.202. The third-order valence-corrected chi connectivity index (χ3v) is 106. The van der Waals surface area contributed by atoms with E-state index in [9.17, 15) is 8.78 Å². The van der Waals surface area contributed by atoms with Crippen molar-refractivity contribution in [3.63, 3.8) is 0 Å². The van der Waals surface area contributed by atoms with Gasteiger partial charge < -0.3 is 18.6 Å². The van der Waals surface area contributed by atoms with Crippen molar-refractivity contribution >= 4 is 124 Å². The molecule has 2 aliphatic heterocycles. The second-order valence-corrected chi connectivity index (χ2v) is 99.1. The summed E-state index contributed by atoms with van der Waals surface area (Å²) in [5, 5.41) is 1.09. The normalized spacial score (nSPS) is 13.6. The average molecular weight is 2440 g/mol. The van der Waals surface area contributed by atoms with Crippen molar-refractivity contribution in [3.8, 4) is 148 Å². The number of halogens is 11. The summed E-state index contributed by atoms with van der Waals surface area (Å²) in [5.41, 5.74) is 11.8. The Morgan fingerprint density at radius 2 is 0.496 bits per heavy atom. The van der Waals surface area contributed by atoms with Gasteiger partial charge in [-0.1, -0.05) is 327 Å². The van der Waals surface area contributed by atoms with Crippen LogP contribution in [0.5, 0.6) is 0 Å². The van der Waals surface area contributed by atoms with Crippen LogP contribution in [0.15, 0.2) is 370 Å². The molecule has 7 heterocycles. The third kappa shape index (κ3) is 26.5. The van der Waals surface area contributed by atoms with Gasteiger partial charge in [-0.15, -0.1) is 0 Å². The predicted octanol–water partition coefficient (Wildman–Crippen LogP) is 25.8. The Morgan fingerprint density at radius 1 is 0.255 bits per heavy atom. The molecule has 18 aromatic rings. The second-order valence-electron chi connectivity index (χ2n) is 32.9. The molecule has 20 rings (SSSR count). The summed E-state index contributed by atoms with van der Waals surface area (Å²) < 4.78 is 67.6. The Labute approximate surface area is 852 Å². The van der Waals surface area contributed by atoms with Gasteiger partial charge in [0.1, 0.15) is 17.5 Å². The van der Waals surface area contributed by atoms with Crippen LogP contribution in [-0.4, -0.2) is 101 Å². The fourth-order valence-corrected chi connectivity index (χ4v) is 14.4. The Morgan fingerprint density at radius 3 is 0.818 bits per heavy atom. The van der Waals surface area contributed by atoms with Gasteiger partial charge in [0.15, 0.2) is 58.2 Å². The fourth-order valence-electron chi connectivity index (χ4n) is 13.9. The van der Waals surface area contributed by atoms with Gasteiger partial charge in [0, 0.05) is 76.7 Å². The van der Waals surface area contributed by atoms with Gasteiger partial charge in [0.05, 0.1) is 56.2 Å². The zero-order chi connectivity index (χ0) is 96.2. The quantitative estimate of drug-likeness (QED) is 0.0651. The average Bonchev–Trinajstić information content (AvgIpc) is 1.48. The molecule has 0 radical (unpaired) electrons. The molecule has 0 amide bonds. The number of hydrogen-bond donors (Lipinski definition) is 0. The Hall–Kier alpha value is -10.7. The maximum atomic E-state index is 15.6. The molecule has 2 aliphatic rings. The zero-order valence-corrected chi connectivity index (χ0v) is 88.0. The SMILES string of the molecule is CC1(C)OB(c2cc(-c3ccccc3)nc(-c3ccccc3)n2)OC1(C)C.CC1(C)OB(c2cc(Cl)ccc2F)OC1(C)C.Clc1nc(-c2ccccc2)nc(-c2ccccc2)n1.Fc1ccc(-c2cc(-c3ccccc3)nc(-c3ccccc3)n2)cc1-c1nc(-c2ccccc2)nc(-c2ccccc2)n1.Fc1ccc(Cl)cc1-c1nc(-c2ccccc2)nc(-c2ccccc2)n1.I[I-]I(I)I. The molecule has 0 atom stereocenters. The van der Waals surface area contributed by atoms with Crippen molar-refractivity contribution in [1.29, 1.82) is 0 Å². The Bertz CT molecular complexity index is 6800. The minimum atomic E-state index is -0.710. The van der Waals surface area contributed by atoms with Crippen molar-refractivity contribution in [2.75, 3.05) is 0 Å². The van der Waals surface area contributed by atoms with Crippen LogP contribution in [0.3, 0.4) is 0 Å². The molecule has 0 spiro atoms. The van der Waals surface area contributed by atoms with Crippen molar-refractivity contribution < 1.29 is 45.0 Å². The van der Waals surface area contributed by atoms with Gasteiger partial charge >= 0.3 is 91.2 Å². The summed E-state index contributed by atoms with van der Waals surface area (Å²) in [7, 11) is -1.48. The van der Waals surface area contributed by atoms with E-state index in [0.29, 0.717) is 81.1 Å². The van der Waals surface area contributed by atoms with Gasteiger partial charge in [0.25, 0.3) is 0 Å². The van der Waals surface area contributed by atoms with Crippen LogP contribution in [0.2, 0.25) is 15.3 Å². The zero-order valence-electron chi connectivity index (χ0n) is 75.0. The van der Waals surface area contributed by atoms with E-state index < -0.39 is 48.3 Å². The molecule has 0 saturated carbocycles. The first-order valence-electron chi connectivity index (χ1n) is 43.1. The van der Waals surface area contributed by atoms with Crippen LogP contribution in [0.4, 0.5) is 13.2 Å². The monoisotopic (exact) mass is 2430 g/mol. The molecule has 0 N–H and O–H groups in total. The Balaban J connectivity index is 0.000000133. The molecule has 13 aromatic carbocycles. The van der Waals surface area contributed by atoms with E-state index in [1.807, 2.05) is 371 Å². The van der Waals surface area contributed by atoms with Crippen LogP contribution in [0, 0.1) is 17.5 Å². The molecule has 2 fully saturated rings. The summed E-state index contributed by atoms with van der Waals surface area (Å²) in [6.07, 6.45) is 0. The fraction of sp³-hybridized carbons (Fsp3) is 0.112. The number of rotatable bonds is 16. The van der Waals surface area contributed by atoms with Gasteiger partial charge in [-0.2, -0.15) is 9.97 Å². The molecule has 686 valence electrons. The number of nitrogens with zero attached hydrogens (tertiary/aromatic N) is 13. The molecule has 0 bridgehead atoms. The van der Waals surface area contributed by atoms with Crippen molar-refractivity contribution in [2.45, 2.75) is 77.8 Å². The molecule has 30 heteroatoms. The van der Waals surface area contributed by atoms with E-state index in [-0.39, 0.29) is 41.8 Å². The predicted molar refractivity (Wildman–Crippen MR) is 577 cm³/mol. The van der Waals surface area contributed by atoms with Crippen molar-refractivity contribution in [3.05, 3.63) is 403 Å².